The van der Waals surface area contributed by atoms with E-state index in [0.717, 1.165) is 23.0 Å². The van der Waals surface area contributed by atoms with E-state index < -0.39 is 0 Å². The SMILES string of the molecule is C[S+](C)[C@H]1CC[C@H]2[C@@H]3CCc4cc(O)ccc4[C@H]3CC[C@]12C. The zero-order valence-electron chi connectivity index (χ0n) is 14.1. The van der Waals surface area contributed by atoms with E-state index in [1.54, 1.807) is 5.56 Å². The van der Waals surface area contributed by atoms with Crippen molar-refractivity contribution in [1.82, 2.24) is 0 Å². The van der Waals surface area contributed by atoms with Crippen molar-refractivity contribution in [2.45, 2.75) is 56.6 Å². The summed E-state index contributed by atoms with van der Waals surface area (Å²) in [4.78, 5) is 0. The third-order valence-electron chi connectivity index (χ3n) is 7.19. The minimum Gasteiger partial charge on any atom is -0.508 e. The second kappa shape index (κ2) is 5.19. The van der Waals surface area contributed by atoms with E-state index in [0.29, 0.717) is 22.1 Å². The summed E-state index contributed by atoms with van der Waals surface area (Å²) in [6.07, 6.45) is 13.1. The van der Waals surface area contributed by atoms with Gasteiger partial charge < -0.3 is 5.11 Å². The van der Waals surface area contributed by atoms with Gasteiger partial charge in [0.1, 0.15) is 11.0 Å². The lowest BCUT2D eigenvalue weighted by Gasteiger charge is -2.49. The molecule has 1 aromatic carbocycles. The Labute approximate surface area is 137 Å². The van der Waals surface area contributed by atoms with E-state index in [-0.39, 0.29) is 0 Å². The first-order valence-corrected chi connectivity index (χ1v) is 11.0. The van der Waals surface area contributed by atoms with Crippen molar-refractivity contribution >= 4 is 10.9 Å². The van der Waals surface area contributed by atoms with Crippen LogP contribution >= 0.6 is 0 Å². The van der Waals surface area contributed by atoms with Gasteiger partial charge in [0.05, 0.1) is 12.5 Å². The van der Waals surface area contributed by atoms with Gasteiger partial charge in [0.25, 0.3) is 0 Å². The highest BCUT2D eigenvalue weighted by atomic mass is 32.2. The molecule has 0 saturated heterocycles. The molecule has 0 heterocycles. The normalized spacial score (nSPS) is 40.2. The predicted molar refractivity (Wildman–Crippen MR) is 95.7 cm³/mol. The summed E-state index contributed by atoms with van der Waals surface area (Å²) in [6, 6.07) is 6.15. The molecule has 0 aliphatic heterocycles. The molecule has 0 amide bonds. The van der Waals surface area contributed by atoms with Crippen LogP contribution in [0.2, 0.25) is 0 Å². The lowest BCUT2D eigenvalue weighted by molar-refractivity contribution is 0.0626. The third-order valence-corrected chi connectivity index (χ3v) is 9.10. The maximum absolute atomic E-state index is 9.77. The van der Waals surface area contributed by atoms with Gasteiger partial charge in [-0.15, -0.1) is 0 Å². The van der Waals surface area contributed by atoms with Crippen LogP contribution in [-0.2, 0) is 17.3 Å². The summed E-state index contributed by atoms with van der Waals surface area (Å²) in [5.41, 5.74) is 3.58. The van der Waals surface area contributed by atoms with E-state index in [1.807, 2.05) is 12.1 Å². The van der Waals surface area contributed by atoms with Gasteiger partial charge in [0, 0.05) is 5.41 Å². The minimum absolute atomic E-state index is 0.444. The summed E-state index contributed by atoms with van der Waals surface area (Å²) >= 11 is 0. The molecule has 3 aliphatic rings. The highest BCUT2D eigenvalue weighted by Crippen LogP contribution is 2.62. The molecule has 2 fully saturated rings. The summed E-state index contributed by atoms with van der Waals surface area (Å²) in [7, 11) is 0.558. The summed E-state index contributed by atoms with van der Waals surface area (Å²) in [5.74, 6) is 3.04. The Hall–Kier alpha value is -0.630. The van der Waals surface area contributed by atoms with Crippen molar-refractivity contribution in [2.75, 3.05) is 12.5 Å². The molecule has 0 aromatic heterocycles. The molecule has 5 atom stereocenters. The van der Waals surface area contributed by atoms with E-state index in [1.165, 1.54) is 44.1 Å². The molecule has 0 bridgehead atoms. The zero-order chi connectivity index (χ0) is 15.5. The number of fused-ring (bicyclic) bond motifs is 5. The Morgan fingerprint density at radius 2 is 1.95 bits per heavy atom. The van der Waals surface area contributed by atoms with Crippen LogP contribution in [-0.4, -0.2) is 22.9 Å². The fourth-order valence-electron chi connectivity index (χ4n) is 6.29. The largest absolute Gasteiger partial charge is 0.508 e. The van der Waals surface area contributed by atoms with Crippen molar-refractivity contribution < 1.29 is 5.11 Å². The molecule has 120 valence electrons. The lowest BCUT2D eigenvalue weighted by atomic mass is 9.56. The molecule has 4 rings (SSSR count). The van der Waals surface area contributed by atoms with Crippen molar-refractivity contribution in [3.63, 3.8) is 0 Å². The molecule has 2 saturated carbocycles. The van der Waals surface area contributed by atoms with Crippen LogP contribution < -0.4 is 0 Å². The highest BCUT2D eigenvalue weighted by molar-refractivity contribution is 7.96. The molecule has 2 heteroatoms. The van der Waals surface area contributed by atoms with Crippen molar-refractivity contribution in [2.24, 2.45) is 17.3 Å². The smallest absolute Gasteiger partial charge is 0.123 e. The monoisotopic (exact) mass is 317 g/mol. The second-order valence-corrected chi connectivity index (χ2v) is 10.6. The number of aromatic hydroxyl groups is 1. The summed E-state index contributed by atoms with van der Waals surface area (Å²) in [6.45, 7) is 2.62. The van der Waals surface area contributed by atoms with Gasteiger partial charge in [0.15, 0.2) is 0 Å². The van der Waals surface area contributed by atoms with Gasteiger partial charge in [0.2, 0.25) is 0 Å². The van der Waals surface area contributed by atoms with Crippen molar-refractivity contribution in [3.8, 4) is 5.75 Å². The molecule has 0 radical (unpaired) electrons. The molecule has 1 N–H and O–H groups in total. The average molecular weight is 318 g/mol. The van der Waals surface area contributed by atoms with Crippen LogP contribution in [0, 0.1) is 17.3 Å². The Morgan fingerprint density at radius 3 is 2.73 bits per heavy atom. The van der Waals surface area contributed by atoms with E-state index in [4.69, 9.17) is 0 Å². The van der Waals surface area contributed by atoms with Gasteiger partial charge in [-0.05, 0) is 90.4 Å². The Bertz CT molecular complexity index is 581. The molecule has 1 nitrogen and oxygen atoms in total. The van der Waals surface area contributed by atoms with Crippen LogP contribution in [0.25, 0.3) is 0 Å². The zero-order valence-corrected chi connectivity index (χ0v) is 15.0. The number of aryl methyl sites for hydroxylation is 1. The maximum atomic E-state index is 9.77. The topological polar surface area (TPSA) is 20.2 Å². The molecule has 1 aromatic rings. The Morgan fingerprint density at radius 1 is 1.14 bits per heavy atom. The van der Waals surface area contributed by atoms with Crippen LogP contribution in [0.4, 0.5) is 0 Å². The quantitative estimate of drug-likeness (QED) is 0.756. The number of benzene rings is 1. The summed E-state index contributed by atoms with van der Waals surface area (Å²) in [5, 5.41) is 10.7. The van der Waals surface area contributed by atoms with Crippen LogP contribution in [0.3, 0.4) is 0 Å². The van der Waals surface area contributed by atoms with Gasteiger partial charge in [-0.2, -0.15) is 0 Å². The Balaban J connectivity index is 1.67. The van der Waals surface area contributed by atoms with Crippen LogP contribution in [0.5, 0.6) is 5.75 Å². The Kier molecular flexibility index (Phi) is 3.52. The lowest BCUT2D eigenvalue weighted by Crippen LogP contribution is -2.45. The first kappa shape index (κ1) is 14.9. The first-order valence-electron chi connectivity index (χ1n) is 8.89. The number of hydrogen-bond acceptors (Lipinski definition) is 1. The molecule has 0 unspecified atom stereocenters. The van der Waals surface area contributed by atoms with Gasteiger partial charge in [-0.3, -0.25) is 0 Å². The number of hydrogen-bond donors (Lipinski definition) is 1. The van der Waals surface area contributed by atoms with Crippen molar-refractivity contribution in [1.29, 1.82) is 0 Å². The minimum atomic E-state index is 0.444. The van der Waals surface area contributed by atoms with E-state index in [9.17, 15) is 5.11 Å². The maximum Gasteiger partial charge on any atom is 0.123 e. The standard InChI is InChI=1S/C20H28OS/c1-20-11-10-16-15-7-5-14(21)12-13(15)4-6-17(16)18(20)8-9-19(20)22(2)3/h5,7,12,16-19H,4,6,8-11H2,1-3H3/p+1/t16-,17-,18+,19+,20+/m1/s1. The second-order valence-electron chi connectivity index (χ2n) is 8.29. The first-order chi connectivity index (χ1) is 10.5. The van der Waals surface area contributed by atoms with E-state index >= 15 is 0 Å². The van der Waals surface area contributed by atoms with Crippen molar-refractivity contribution in [3.05, 3.63) is 29.3 Å². The van der Waals surface area contributed by atoms with Gasteiger partial charge in [-0.25, -0.2) is 0 Å². The summed E-state index contributed by atoms with van der Waals surface area (Å²) < 4.78 is 0. The number of phenolic OH excluding ortho intramolecular Hbond substituents is 1. The van der Waals surface area contributed by atoms with Gasteiger partial charge in [-0.1, -0.05) is 13.0 Å². The fraction of sp³-hybridized carbons (Fsp3) is 0.700. The average Bonchev–Trinajstić information content (AvgIpc) is 2.84. The third kappa shape index (κ3) is 2.06. The molecule has 3 aliphatic carbocycles. The molecular weight excluding hydrogens is 288 g/mol. The number of phenols is 1. The predicted octanol–water partition coefficient (Wildman–Crippen LogP) is 4.49. The highest BCUT2D eigenvalue weighted by Gasteiger charge is 2.58. The molecule has 22 heavy (non-hydrogen) atoms. The number of rotatable bonds is 1. The van der Waals surface area contributed by atoms with Gasteiger partial charge >= 0.3 is 0 Å². The molecule has 0 spiro atoms. The van der Waals surface area contributed by atoms with E-state index in [2.05, 4.69) is 25.5 Å². The van der Waals surface area contributed by atoms with Crippen LogP contribution in [0.15, 0.2) is 18.2 Å². The molecular formula is C20H29OS+. The fourth-order valence-corrected chi connectivity index (χ4v) is 8.27. The van der Waals surface area contributed by atoms with Crippen LogP contribution in [0.1, 0.15) is 56.1 Å².